The molecule has 1 heterocycles. The summed E-state index contributed by atoms with van der Waals surface area (Å²) in [5.74, 6) is 0.724. The molecule has 55 heavy (non-hydrogen) atoms. The van der Waals surface area contributed by atoms with E-state index in [1.807, 2.05) is 24.3 Å². The SMILES string of the molecule is CC1(C)C2=C(C=CCC2)c2ccc(-c3cccc(-c4ccc5ccc(-c6ccc(-c7cc(-c8ccccc8)nc(-c8ccccc8)n7)cc6)cc5c4)c3)cc21. The standard InChI is InChI=1S/C53H40N2/c1-53(2)48-19-10-9-18-46(48)47-29-28-44(33-49(47)53)41-17-11-16-40(30-41)43-27-23-36-22-26-42(31-45(36)32-43)35-20-24-38(25-21-35)51-34-50(37-12-5-3-6-13-37)54-52(55-51)39-14-7-4-8-15-39/h3-9,11-18,20-34H,10,19H2,1-2H3. The Bertz CT molecular complexity index is 2750. The molecule has 2 nitrogen and oxygen atoms in total. The maximum Gasteiger partial charge on any atom is 0.160 e. The Morgan fingerprint density at radius 3 is 1.65 bits per heavy atom. The number of benzene rings is 7. The Morgan fingerprint density at radius 2 is 0.964 bits per heavy atom. The number of fused-ring (bicyclic) bond motifs is 3. The second-order valence-electron chi connectivity index (χ2n) is 15.3. The van der Waals surface area contributed by atoms with Crippen LogP contribution in [0.4, 0.5) is 0 Å². The van der Waals surface area contributed by atoms with E-state index >= 15 is 0 Å². The lowest BCUT2D eigenvalue weighted by atomic mass is 9.78. The Hall–Kier alpha value is -6.64. The zero-order valence-electron chi connectivity index (χ0n) is 31.1. The van der Waals surface area contributed by atoms with Gasteiger partial charge in [0.2, 0.25) is 0 Å². The van der Waals surface area contributed by atoms with Gasteiger partial charge in [-0.05, 0) is 104 Å². The predicted octanol–water partition coefficient (Wildman–Crippen LogP) is 14.0. The summed E-state index contributed by atoms with van der Waals surface area (Å²) >= 11 is 0. The molecule has 0 spiro atoms. The molecule has 7 aromatic carbocycles. The van der Waals surface area contributed by atoms with E-state index in [1.165, 1.54) is 60.9 Å². The molecule has 0 radical (unpaired) electrons. The van der Waals surface area contributed by atoms with Gasteiger partial charge in [0.25, 0.3) is 0 Å². The summed E-state index contributed by atoms with van der Waals surface area (Å²) in [6.45, 7) is 4.79. The number of aromatic nitrogens is 2. The van der Waals surface area contributed by atoms with Gasteiger partial charge in [-0.25, -0.2) is 9.97 Å². The first-order valence-electron chi connectivity index (χ1n) is 19.3. The van der Waals surface area contributed by atoms with Crippen LogP contribution in [0.2, 0.25) is 0 Å². The molecule has 2 aliphatic carbocycles. The van der Waals surface area contributed by atoms with Crippen LogP contribution in [0.15, 0.2) is 188 Å². The molecule has 8 aromatic rings. The van der Waals surface area contributed by atoms with Crippen molar-refractivity contribution in [2.45, 2.75) is 32.1 Å². The topological polar surface area (TPSA) is 25.8 Å². The van der Waals surface area contributed by atoms with Crippen LogP contribution < -0.4 is 0 Å². The minimum absolute atomic E-state index is 0.0626. The normalized spacial score (nSPS) is 14.2. The van der Waals surface area contributed by atoms with Gasteiger partial charge >= 0.3 is 0 Å². The second kappa shape index (κ2) is 13.3. The monoisotopic (exact) mass is 704 g/mol. The quantitative estimate of drug-likeness (QED) is 0.172. The maximum absolute atomic E-state index is 5.03. The van der Waals surface area contributed by atoms with E-state index < -0.39 is 0 Å². The van der Waals surface area contributed by atoms with Crippen LogP contribution in [0.1, 0.15) is 37.8 Å². The minimum Gasteiger partial charge on any atom is -0.228 e. The van der Waals surface area contributed by atoms with Gasteiger partial charge in [-0.3, -0.25) is 0 Å². The molecule has 1 aromatic heterocycles. The van der Waals surface area contributed by atoms with Crippen molar-refractivity contribution < 1.29 is 0 Å². The second-order valence-corrected chi connectivity index (χ2v) is 15.3. The molecular formula is C53H40N2. The van der Waals surface area contributed by atoms with Gasteiger partial charge in [0.05, 0.1) is 11.4 Å². The maximum atomic E-state index is 5.03. The highest BCUT2D eigenvalue weighted by Crippen LogP contribution is 2.51. The summed E-state index contributed by atoms with van der Waals surface area (Å²) in [7, 11) is 0. The van der Waals surface area contributed by atoms with Crippen molar-refractivity contribution >= 4 is 16.3 Å². The fourth-order valence-corrected chi connectivity index (χ4v) is 8.59. The van der Waals surface area contributed by atoms with Crippen molar-refractivity contribution in [1.82, 2.24) is 9.97 Å². The van der Waals surface area contributed by atoms with Crippen LogP contribution in [0.5, 0.6) is 0 Å². The van der Waals surface area contributed by atoms with Crippen molar-refractivity contribution in [3.05, 3.63) is 199 Å². The van der Waals surface area contributed by atoms with E-state index in [0.717, 1.165) is 46.7 Å². The molecule has 0 bridgehead atoms. The molecule has 262 valence electrons. The lowest BCUT2D eigenvalue weighted by molar-refractivity contribution is 0.607. The molecule has 0 N–H and O–H groups in total. The van der Waals surface area contributed by atoms with Crippen LogP contribution in [0, 0.1) is 0 Å². The Morgan fingerprint density at radius 1 is 0.436 bits per heavy atom. The lowest BCUT2D eigenvalue weighted by Gasteiger charge is -2.26. The summed E-state index contributed by atoms with van der Waals surface area (Å²) in [6.07, 6.45) is 6.97. The van der Waals surface area contributed by atoms with Crippen molar-refractivity contribution in [1.29, 1.82) is 0 Å². The minimum atomic E-state index is 0.0626. The van der Waals surface area contributed by atoms with Gasteiger partial charge in [0.15, 0.2) is 5.82 Å². The number of allylic oxidation sites excluding steroid dienone is 4. The molecule has 0 unspecified atom stereocenters. The summed E-state index contributed by atoms with van der Waals surface area (Å²) < 4.78 is 0. The molecule has 10 rings (SSSR count). The molecule has 2 heteroatoms. The number of hydrogen-bond donors (Lipinski definition) is 0. The lowest BCUT2D eigenvalue weighted by Crippen LogP contribution is -2.17. The Labute approximate surface area is 323 Å². The van der Waals surface area contributed by atoms with Crippen molar-refractivity contribution in [2.75, 3.05) is 0 Å². The number of nitrogens with zero attached hydrogens (tertiary/aromatic N) is 2. The largest absolute Gasteiger partial charge is 0.228 e. The van der Waals surface area contributed by atoms with E-state index in [0.29, 0.717) is 0 Å². The third-order valence-electron chi connectivity index (χ3n) is 11.6. The van der Waals surface area contributed by atoms with Crippen LogP contribution >= 0.6 is 0 Å². The van der Waals surface area contributed by atoms with Gasteiger partial charge in [0, 0.05) is 22.1 Å². The predicted molar refractivity (Wildman–Crippen MR) is 230 cm³/mol. The van der Waals surface area contributed by atoms with E-state index in [1.54, 1.807) is 5.57 Å². The Kier molecular flexibility index (Phi) is 7.99. The number of rotatable bonds is 6. The third kappa shape index (κ3) is 6.01. The molecule has 0 aliphatic heterocycles. The third-order valence-corrected chi connectivity index (χ3v) is 11.6. The van der Waals surface area contributed by atoms with E-state index in [4.69, 9.17) is 9.97 Å². The molecule has 0 fully saturated rings. The van der Waals surface area contributed by atoms with Gasteiger partial charge in [-0.15, -0.1) is 0 Å². The van der Waals surface area contributed by atoms with E-state index in [-0.39, 0.29) is 5.41 Å². The van der Waals surface area contributed by atoms with Crippen molar-refractivity contribution in [3.8, 4) is 67.3 Å². The van der Waals surface area contributed by atoms with Crippen LogP contribution in [0.25, 0.3) is 83.6 Å². The highest BCUT2D eigenvalue weighted by atomic mass is 14.9. The zero-order valence-corrected chi connectivity index (χ0v) is 31.1. The van der Waals surface area contributed by atoms with Crippen molar-refractivity contribution in [3.63, 3.8) is 0 Å². The summed E-state index contributed by atoms with van der Waals surface area (Å²) in [6, 6.07) is 61.1. The first kappa shape index (κ1) is 33.0. The van der Waals surface area contributed by atoms with Gasteiger partial charge in [-0.2, -0.15) is 0 Å². The first-order chi connectivity index (χ1) is 27.0. The van der Waals surface area contributed by atoms with Gasteiger partial charge < -0.3 is 0 Å². The smallest absolute Gasteiger partial charge is 0.160 e. The molecule has 2 aliphatic rings. The van der Waals surface area contributed by atoms with Crippen LogP contribution in [0.3, 0.4) is 0 Å². The summed E-state index contributed by atoms with van der Waals surface area (Å²) in [4.78, 5) is 9.99. The molecule has 0 saturated carbocycles. The zero-order chi connectivity index (χ0) is 36.9. The average molecular weight is 705 g/mol. The van der Waals surface area contributed by atoms with Gasteiger partial charge in [0.1, 0.15) is 0 Å². The van der Waals surface area contributed by atoms with Gasteiger partial charge in [-0.1, -0.05) is 171 Å². The highest BCUT2D eigenvalue weighted by molar-refractivity contribution is 5.92. The number of hydrogen-bond acceptors (Lipinski definition) is 2. The molecule has 0 atom stereocenters. The summed E-state index contributed by atoms with van der Waals surface area (Å²) in [5, 5.41) is 2.46. The van der Waals surface area contributed by atoms with Crippen molar-refractivity contribution in [2.24, 2.45) is 0 Å². The fraction of sp³-hybridized carbons (Fsp3) is 0.0943. The molecule has 0 saturated heterocycles. The Balaban J connectivity index is 0.951. The average Bonchev–Trinajstić information content (AvgIpc) is 3.49. The fourth-order valence-electron chi connectivity index (χ4n) is 8.59. The van der Waals surface area contributed by atoms with E-state index in [9.17, 15) is 0 Å². The summed E-state index contributed by atoms with van der Waals surface area (Å²) in [5.41, 5.74) is 18.2. The van der Waals surface area contributed by atoms with Crippen LogP contribution in [-0.4, -0.2) is 9.97 Å². The molecule has 0 amide bonds. The van der Waals surface area contributed by atoms with E-state index in [2.05, 4.69) is 172 Å². The highest BCUT2D eigenvalue weighted by Gasteiger charge is 2.37. The van der Waals surface area contributed by atoms with Crippen LogP contribution in [-0.2, 0) is 5.41 Å². The molecular weight excluding hydrogens is 665 g/mol. The first-order valence-corrected chi connectivity index (χ1v) is 19.3.